The van der Waals surface area contributed by atoms with Gasteiger partial charge in [0.05, 0.1) is 0 Å². The molecule has 0 aliphatic carbocycles. The van der Waals surface area contributed by atoms with Crippen molar-refractivity contribution >= 4 is 26.5 Å². The molecule has 0 aromatic heterocycles. The smallest absolute Gasteiger partial charge is 0.0142 e. The van der Waals surface area contributed by atoms with E-state index in [4.69, 9.17) is 0 Å². The van der Waals surface area contributed by atoms with Gasteiger partial charge in [0.15, 0.2) is 0 Å². The maximum Gasteiger partial charge on any atom is -0.0142 e. The lowest BCUT2D eigenvalue weighted by atomic mass is 10.3. The molecule has 1 aromatic carbocycles. The molecule has 0 heterocycles. The Bertz CT molecular complexity index is 340. The van der Waals surface area contributed by atoms with E-state index in [0.717, 1.165) is 0 Å². The van der Waals surface area contributed by atoms with E-state index in [9.17, 15) is 0 Å². The largest absolute Gasteiger partial charge is 0.0730 e. The summed E-state index contributed by atoms with van der Waals surface area (Å²) in [6.45, 7) is 18.8. The molecule has 1 aromatic rings. The van der Waals surface area contributed by atoms with Crippen LogP contribution in [0, 0.1) is 0 Å². The van der Waals surface area contributed by atoms with Gasteiger partial charge in [-0.25, -0.2) is 0 Å². The van der Waals surface area contributed by atoms with E-state index in [-0.39, 0.29) is 15.8 Å². The van der Waals surface area contributed by atoms with Crippen LogP contribution in [0.4, 0.5) is 0 Å². The van der Waals surface area contributed by atoms with Crippen LogP contribution in [0.2, 0.25) is 0 Å². The van der Waals surface area contributed by atoms with E-state index in [1.54, 1.807) is 0 Å². The molecule has 0 aliphatic rings. The summed E-state index contributed by atoms with van der Waals surface area (Å²) in [6, 6.07) is 9.43. The third-order valence-electron chi connectivity index (χ3n) is 3.64. The van der Waals surface area contributed by atoms with Crippen LogP contribution in [0.1, 0.15) is 41.5 Å². The summed E-state index contributed by atoms with van der Waals surface area (Å²) in [5.41, 5.74) is 0. The Morgan fingerprint density at radius 3 is 1.00 bits per heavy atom. The highest BCUT2D eigenvalue weighted by Gasteiger charge is 2.23. The second kappa shape index (κ2) is 5.60. The van der Waals surface area contributed by atoms with Crippen molar-refractivity contribution in [3.63, 3.8) is 0 Å². The maximum absolute atomic E-state index is 2.39. The van der Waals surface area contributed by atoms with Gasteiger partial charge in [-0.2, -0.15) is 0 Å². The van der Waals surface area contributed by atoms with Gasteiger partial charge < -0.3 is 0 Å². The van der Waals surface area contributed by atoms with Gasteiger partial charge in [-0.3, -0.25) is 0 Å². The zero-order valence-electron chi connectivity index (χ0n) is 13.2. The molecule has 0 saturated heterocycles. The molecule has 0 radical (unpaired) electrons. The van der Waals surface area contributed by atoms with Gasteiger partial charge in [-0.15, -0.1) is 0 Å². The lowest BCUT2D eigenvalue weighted by Gasteiger charge is -2.30. The Morgan fingerprint density at radius 1 is 0.611 bits per heavy atom. The van der Waals surface area contributed by atoms with Crippen molar-refractivity contribution in [2.75, 3.05) is 13.3 Å². The minimum absolute atomic E-state index is 0.0693. The van der Waals surface area contributed by atoms with Crippen LogP contribution in [0.25, 0.3) is 0 Å². The van der Waals surface area contributed by atoms with Gasteiger partial charge in [0.25, 0.3) is 0 Å². The van der Waals surface area contributed by atoms with Gasteiger partial charge in [-0.05, 0) is 34.3 Å². The molecule has 102 valence electrons. The molecule has 1 rings (SSSR count). The molecule has 2 heteroatoms. The van der Waals surface area contributed by atoms with Crippen LogP contribution in [0.15, 0.2) is 24.3 Å². The van der Waals surface area contributed by atoms with E-state index in [2.05, 4.69) is 79.1 Å². The van der Waals surface area contributed by atoms with E-state index < -0.39 is 0 Å². The van der Waals surface area contributed by atoms with E-state index in [1.165, 1.54) is 10.6 Å². The van der Waals surface area contributed by atoms with Crippen molar-refractivity contribution in [3.05, 3.63) is 24.3 Å². The van der Waals surface area contributed by atoms with Crippen LogP contribution in [0.5, 0.6) is 0 Å². The molecule has 0 spiro atoms. The molecule has 0 saturated carbocycles. The SMILES string of the molecule is CP(c1ccc(P(C)C(C)(C)C)cc1)C(C)(C)C. The fourth-order valence-corrected chi connectivity index (χ4v) is 4.42. The van der Waals surface area contributed by atoms with Crippen molar-refractivity contribution < 1.29 is 0 Å². The standard InChI is InChI=1S/C16H28P2/c1-15(2,3)17(7)13-9-11-14(12-10-13)18(8)16(4,5)6/h9-12H,1-8H3. The number of rotatable bonds is 2. The van der Waals surface area contributed by atoms with Gasteiger partial charge in [0.1, 0.15) is 0 Å². The van der Waals surface area contributed by atoms with E-state index in [1.807, 2.05) is 0 Å². The first-order valence-corrected chi connectivity index (χ1v) is 10.2. The lowest BCUT2D eigenvalue weighted by Crippen LogP contribution is -2.21. The molecule has 0 fully saturated rings. The maximum atomic E-state index is 2.39. The van der Waals surface area contributed by atoms with Crippen LogP contribution in [-0.4, -0.2) is 23.6 Å². The van der Waals surface area contributed by atoms with Crippen LogP contribution < -0.4 is 10.6 Å². The summed E-state index contributed by atoms with van der Waals surface area (Å²) in [5, 5.41) is 3.85. The molecule has 0 amide bonds. The van der Waals surface area contributed by atoms with E-state index >= 15 is 0 Å². The van der Waals surface area contributed by atoms with Gasteiger partial charge in [0, 0.05) is 0 Å². The first-order chi connectivity index (χ1) is 8.03. The molecule has 0 bridgehead atoms. The van der Waals surface area contributed by atoms with Crippen LogP contribution in [0.3, 0.4) is 0 Å². The lowest BCUT2D eigenvalue weighted by molar-refractivity contribution is 0.790. The average Bonchev–Trinajstić information content (AvgIpc) is 2.25. The van der Waals surface area contributed by atoms with Crippen molar-refractivity contribution in [2.24, 2.45) is 0 Å². The quantitative estimate of drug-likeness (QED) is 0.686. The topological polar surface area (TPSA) is 0 Å². The highest BCUT2D eigenvalue weighted by molar-refractivity contribution is 7.67. The summed E-state index contributed by atoms with van der Waals surface area (Å²) in [4.78, 5) is 0. The zero-order chi connectivity index (χ0) is 14.1. The summed E-state index contributed by atoms with van der Waals surface area (Å²) in [5.74, 6) is 0. The van der Waals surface area contributed by atoms with Crippen molar-refractivity contribution in [1.82, 2.24) is 0 Å². The number of benzene rings is 1. The van der Waals surface area contributed by atoms with Gasteiger partial charge in [0.2, 0.25) is 0 Å². The minimum Gasteiger partial charge on any atom is -0.0730 e. The van der Waals surface area contributed by atoms with Crippen LogP contribution in [-0.2, 0) is 0 Å². The highest BCUT2D eigenvalue weighted by Crippen LogP contribution is 2.46. The first kappa shape index (κ1) is 16.1. The summed E-state index contributed by atoms with van der Waals surface area (Å²) >= 11 is 0. The second-order valence-corrected chi connectivity index (χ2v) is 12.9. The van der Waals surface area contributed by atoms with Crippen molar-refractivity contribution in [3.8, 4) is 0 Å². The molecule has 0 N–H and O–H groups in total. The summed E-state index contributed by atoms with van der Waals surface area (Å²) in [7, 11) is -0.139. The zero-order valence-corrected chi connectivity index (χ0v) is 15.0. The second-order valence-electron chi connectivity index (χ2n) is 6.98. The third kappa shape index (κ3) is 4.04. The normalized spacial score (nSPS) is 16.4. The molecular weight excluding hydrogens is 254 g/mol. The average molecular weight is 282 g/mol. The van der Waals surface area contributed by atoms with Gasteiger partial charge in [-0.1, -0.05) is 81.7 Å². The molecule has 2 atom stereocenters. The Morgan fingerprint density at radius 2 is 0.833 bits per heavy atom. The molecule has 0 aliphatic heterocycles. The summed E-state index contributed by atoms with van der Waals surface area (Å²) in [6.07, 6.45) is 0. The third-order valence-corrected chi connectivity index (χ3v) is 9.81. The minimum atomic E-state index is -0.0693. The number of hydrogen-bond acceptors (Lipinski definition) is 0. The van der Waals surface area contributed by atoms with Gasteiger partial charge >= 0.3 is 0 Å². The Balaban J connectivity index is 2.94. The highest BCUT2D eigenvalue weighted by atomic mass is 31.1. The molecule has 18 heavy (non-hydrogen) atoms. The fraction of sp³-hybridized carbons (Fsp3) is 0.625. The predicted octanol–water partition coefficient (Wildman–Crippen LogP) is 4.76. The molecule has 0 nitrogen and oxygen atoms in total. The van der Waals surface area contributed by atoms with Crippen LogP contribution >= 0.6 is 15.8 Å². The van der Waals surface area contributed by atoms with E-state index in [0.29, 0.717) is 10.3 Å². The monoisotopic (exact) mass is 282 g/mol. The first-order valence-electron chi connectivity index (χ1n) is 6.61. The predicted molar refractivity (Wildman–Crippen MR) is 90.9 cm³/mol. The van der Waals surface area contributed by atoms with Crippen molar-refractivity contribution in [1.29, 1.82) is 0 Å². The molecular formula is C16H28P2. The number of hydrogen-bond donors (Lipinski definition) is 0. The summed E-state index contributed by atoms with van der Waals surface area (Å²) < 4.78 is 0. The fourth-order valence-electron chi connectivity index (χ4n) is 1.67. The molecule has 2 unspecified atom stereocenters. The Hall–Kier alpha value is 0.0800. The Labute approximate surface area is 116 Å². The van der Waals surface area contributed by atoms with Crippen molar-refractivity contribution in [2.45, 2.75) is 51.9 Å². The Kier molecular flexibility index (Phi) is 5.02.